The van der Waals surface area contributed by atoms with Gasteiger partial charge >= 0.3 is 0 Å². The molecule has 2 aromatic rings. The van der Waals surface area contributed by atoms with Gasteiger partial charge in [0.2, 0.25) is 0 Å². The summed E-state index contributed by atoms with van der Waals surface area (Å²) in [6.45, 7) is 1.26. The minimum Gasteiger partial charge on any atom is -0.489 e. The van der Waals surface area contributed by atoms with E-state index in [1.54, 1.807) is 6.07 Å². The lowest BCUT2D eigenvalue weighted by Gasteiger charge is -2.10. The molecule has 4 heteroatoms. The number of hydrogen-bond acceptors (Lipinski definition) is 2. The number of halogens is 1. The van der Waals surface area contributed by atoms with Gasteiger partial charge in [-0.1, -0.05) is 30.3 Å². The van der Waals surface area contributed by atoms with Gasteiger partial charge in [-0.05, 0) is 58.5 Å². The molecule has 3 nitrogen and oxygen atoms in total. The minimum absolute atomic E-state index is 0.0519. The Balaban J connectivity index is 1.64. The number of benzene rings is 2. The van der Waals surface area contributed by atoms with Gasteiger partial charge in [-0.15, -0.1) is 0 Å². The van der Waals surface area contributed by atoms with Gasteiger partial charge in [0.05, 0.1) is 5.56 Å². The highest BCUT2D eigenvalue weighted by molar-refractivity contribution is 9.10. The van der Waals surface area contributed by atoms with Crippen LogP contribution in [0.25, 0.3) is 0 Å². The average Bonchev–Trinajstić information content (AvgIpc) is 3.37. The Bertz CT molecular complexity index is 653. The van der Waals surface area contributed by atoms with Crippen LogP contribution in [0.3, 0.4) is 0 Å². The Hall–Kier alpha value is -1.81. The third-order valence-corrected chi connectivity index (χ3v) is 4.37. The Morgan fingerprint density at radius 2 is 1.95 bits per heavy atom. The first kappa shape index (κ1) is 15.1. The SMILES string of the molecule is O=C(NCC1CC1)c1cc(OCc2ccccc2)ccc1Br. The van der Waals surface area contributed by atoms with Crippen LogP contribution in [0, 0.1) is 5.92 Å². The first-order chi connectivity index (χ1) is 10.7. The van der Waals surface area contributed by atoms with Crippen molar-refractivity contribution in [3.05, 3.63) is 64.1 Å². The van der Waals surface area contributed by atoms with E-state index in [4.69, 9.17) is 4.74 Å². The maximum Gasteiger partial charge on any atom is 0.252 e. The molecule has 1 saturated carbocycles. The van der Waals surface area contributed by atoms with Crippen molar-refractivity contribution in [2.24, 2.45) is 5.92 Å². The Morgan fingerprint density at radius 1 is 1.18 bits per heavy atom. The molecule has 1 N–H and O–H groups in total. The maximum atomic E-state index is 12.2. The molecule has 0 aromatic heterocycles. The lowest BCUT2D eigenvalue weighted by Crippen LogP contribution is -2.25. The first-order valence-electron chi connectivity index (χ1n) is 7.47. The molecule has 3 rings (SSSR count). The second-order valence-corrected chi connectivity index (χ2v) is 6.42. The largest absolute Gasteiger partial charge is 0.489 e. The quantitative estimate of drug-likeness (QED) is 0.840. The molecule has 1 aliphatic carbocycles. The van der Waals surface area contributed by atoms with Crippen LogP contribution in [0.2, 0.25) is 0 Å². The van der Waals surface area contributed by atoms with Crippen LogP contribution < -0.4 is 10.1 Å². The zero-order valence-corrected chi connectivity index (χ0v) is 13.8. The fourth-order valence-electron chi connectivity index (χ4n) is 2.16. The zero-order valence-electron chi connectivity index (χ0n) is 12.2. The summed E-state index contributed by atoms with van der Waals surface area (Å²) < 4.78 is 6.56. The summed E-state index contributed by atoms with van der Waals surface area (Å²) in [6, 6.07) is 15.5. The molecular formula is C18H18BrNO2. The number of carbonyl (C=O) groups excluding carboxylic acids is 1. The minimum atomic E-state index is -0.0519. The van der Waals surface area contributed by atoms with E-state index in [-0.39, 0.29) is 5.91 Å². The van der Waals surface area contributed by atoms with Crippen LogP contribution in [0.4, 0.5) is 0 Å². The van der Waals surface area contributed by atoms with Gasteiger partial charge in [-0.3, -0.25) is 4.79 Å². The second-order valence-electron chi connectivity index (χ2n) is 5.57. The predicted octanol–water partition coefficient (Wildman–Crippen LogP) is 4.17. The number of amides is 1. The second kappa shape index (κ2) is 6.97. The van der Waals surface area contributed by atoms with Crippen molar-refractivity contribution in [3.63, 3.8) is 0 Å². The molecule has 1 fully saturated rings. The third-order valence-electron chi connectivity index (χ3n) is 3.68. The number of hydrogen-bond donors (Lipinski definition) is 1. The van der Waals surface area contributed by atoms with Gasteiger partial charge in [0.1, 0.15) is 12.4 Å². The molecule has 1 amide bonds. The van der Waals surface area contributed by atoms with Crippen molar-refractivity contribution in [1.82, 2.24) is 5.32 Å². The number of ether oxygens (including phenoxy) is 1. The Labute approximate surface area is 138 Å². The van der Waals surface area contributed by atoms with Gasteiger partial charge in [0, 0.05) is 11.0 Å². The molecule has 114 valence electrons. The topological polar surface area (TPSA) is 38.3 Å². The maximum absolute atomic E-state index is 12.2. The standard InChI is InChI=1S/C18H18BrNO2/c19-17-9-8-15(22-12-14-4-2-1-3-5-14)10-16(17)18(21)20-11-13-6-7-13/h1-5,8-10,13H,6-7,11-12H2,(H,20,21). The Morgan fingerprint density at radius 3 is 2.68 bits per heavy atom. The van der Waals surface area contributed by atoms with Gasteiger partial charge < -0.3 is 10.1 Å². The summed E-state index contributed by atoms with van der Waals surface area (Å²) in [7, 11) is 0. The first-order valence-corrected chi connectivity index (χ1v) is 8.26. The van der Waals surface area contributed by atoms with Gasteiger partial charge in [0.15, 0.2) is 0 Å². The molecule has 0 saturated heterocycles. The van der Waals surface area contributed by atoms with E-state index in [1.807, 2.05) is 42.5 Å². The predicted molar refractivity (Wildman–Crippen MR) is 90.0 cm³/mol. The molecule has 0 radical (unpaired) electrons. The zero-order chi connectivity index (χ0) is 15.4. The highest BCUT2D eigenvalue weighted by atomic mass is 79.9. The van der Waals surface area contributed by atoms with Crippen LogP contribution in [-0.4, -0.2) is 12.5 Å². The van der Waals surface area contributed by atoms with Crippen LogP contribution in [0.5, 0.6) is 5.75 Å². The van der Waals surface area contributed by atoms with Crippen molar-refractivity contribution < 1.29 is 9.53 Å². The summed E-state index contributed by atoms with van der Waals surface area (Å²) >= 11 is 3.43. The highest BCUT2D eigenvalue weighted by Crippen LogP contribution is 2.28. The highest BCUT2D eigenvalue weighted by Gasteiger charge is 2.22. The van der Waals surface area contributed by atoms with Crippen molar-refractivity contribution in [2.45, 2.75) is 19.4 Å². The van der Waals surface area contributed by atoms with E-state index in [1.165, 1.54) is 12.8 Å². The number of nitrogens with one attached hydrogen (secondary N) is 1. The fraction of sp³-hybridized carbons (Fsp3) is 0.278. The van der Waals surface area contributed by atoms with E-state index >= 15 is 0 Å². The van der Waals surface area contributed by atoms with E-state index in [2.05, 4.69) is 21.2 Å². The Kier molecular flexibility index (Phi) is 4.78. The van der Waals surface area contributed by atoms with E-state index in [0.717, 1.165) is 16.6 Å². The monoisotopic (exact) mass is 359 g/mol. The number of rotatable bonds is 6. The van der Waals surface area contributed by atoms with Gasteiger partial charge in [-0.25, -0.2) is 0 Å². The molecule has 1 aliphatic rings. The number of carbonyl (C=O) groups is 1. The normalized spacial score (nSPS) is 13.7. The van der Waals surface area contributed by atoms with E-state index in [9.17, 15) is 4.79 Å². The van der Waals surface area contributed by atoms with Crippen LogP contribution >= 0.6 is 15.9 Å². The molecule has 0 aliphatic heterocycles. The molecular weight excluding hydrogens is 342 g/mol. The summed E-state index contributed by atoms with van der Waals surface area (Å²) in [6.07, 6.45) is 2.45. The molecule has 0 spiro atoms. The summed E-state index contributed by atoms with van der Waals surface area (Å²) in [5.41, 5.74) is 1.72. The summed E-state index contributed by atoms with van der Waals surface area (Å²) in [5.74, 6) is 1.31. The molecule has 22 heavy (non-hydrogen) atoms. The van der Waals surface area contributed by atoms with E-state index < -0.39 is 0 Å². The average molecular weight is 360 g/mol. The van der Waals surface area contributed by atoms with Crippen molar-refractivity contribution in [1.29, 1.82) is 0 Å². The van der Waals surface area contributed by atoms with Crippen LogP contribution in [-0.2, 0) is 6.61 Å². The molecule has 0 atom stereocenters. The molecule has 2 aromatic carbocycles. The summed E-state index contributed by atoms with van der Waals surface area (Å²) in [5, 5.41) is 2.98. The lowest BCUT2D eigenvalue weighted by molar-refractivity contribution is 0.0950. The molecule has 0 heterocycles. The van der Waals surface area contributed by atoms with Crippen molar-refractivity contribution >= 4 is 21.8 Å². The fourth-order valence-corrected chi connectivity index (χ4v) is 2.59. The van der Waals surface area contributed by atoms with Crippen molar-refractivity contribution in [3.8, 4) is 5.75 Å². The third kappa shape index (κ3) is 4.10. The van der Waals surface area contributed by atoms with Crippen molar-refractivity contribution in [2.75, 3.05) is 6.54 Å². The smallest absolute Gasteiger partial charge is 0.252 e. The van der Waals surface area contributed by atoms with Gasteiger partial charge in [0.25, 0.3) is 5.91 Å². The van der Waals surface area contributed by atoms with Crippen LogP contribution in [0.15, 0.2) is 53.0 Å². The molecule has 0 bridgehead atoms. The van der Waals surface area contributed by atoms with Gasteiger partial charge in [-0.2, -0.15) is 0 Å². The molecule has 0 unspecified atom stereocenters. The van der Waals surface area contributed by atoms with E-state index in [0.29, 0.717) is 23.8 Å². The van der Waals surface area contributed by atoms with Crippen LogP contribution in [0.1, 0.15) is 28.8 Å². The summed E-state index contributed by atoms with van der Waals surface area (Å²) in [4.78, 5) is 12.2. The lowest BCUT2D eigenvalue weighted by atomic mass is 10.2.